The van der Waals surface area contributed by atoms with Gasteiger partial charge in [0.15, 0.2) is 12.6 Å². The molecule has 4 nitrogen and oxygen atoms in total. The number of ether oxygens (including phenoxy) is 4. The highest BCUT2D eigenvalue weighted by Crippen LogP contribution is 2.41. The molecule has 0 bridgehead atoms. The van der Waals surface area contributed by atoms with Crippen LogP contribution in [-0.2, 0) is 18.9 Å². The van der Waals surface area contributed by atoms with Crippen LogP contribution in [0.3, 0.4) is 0 Å². The summed E-state index contributed by atoms with van der Waals surface area (Å²) < 4.78 is 25.5. The van der Waals surface area contributed by atoms with E-state index in [0.717, 1.165) is 38.5 Å². The largest absolute Gasteiger partial charge is 0.351 e. The summed E-state index contributed by atoms with van der Waals surface area (Å²) in [4.78, 5) is 0. The molecule has 0 saturated carbocycles. The van der Waals surface area contributed by atoms with Crippen LogP contribution < -0.4 is 0 Å². The maximum Gasteiger partial charge on any atom is 0.160 e. The van der Waals surface area contributed by atoms with Crippen LogP contribution in [0.4, 0.5) is 0 Å². The molecule has 2 heterocycles. The second-order valence-electron chi connectivity index (χ2n) is 13.0. The van der Waals surface area contributed by atoms with Crippen molar-refractivity contribution in [1.82, 2.24) is 0 Å². The Bertz CT molecular complexity index is 781. The van der Waals surface area contributed by atoms with Gasteiger partial charge in [0.1, 0.15) is 0 Å². The Labute approximate surface area is 226 Å². The number of hydrogen-bond donors (Lipinski definition) is 0. The molecule has 4 rings (SSSR count). The highest BCUT2D eigenvalue weighted by atomic mass is 16.7. The molecule has 0 amide bonds. The third-order valence-corrected chi connectivity index (χ3v) is 8.94. The van der Waals surface area contributed by atoms with E-state index in [1.54, 1.807) is 11.1 Å². The first-order chi connectivity index (χ1) is 17.7. The van der Waals surface area contributed by atoms with E-state index in [4.69, 9.17) is 18.9 Å². The van der Waals surface area contributed by atoms with Crippen molar-refractivity contribution < 1.29 is 18.9 Å². The van der Waals surface area contributed by atoms with Gasteiger partial charge in [-0.25, -0.2) is 0 Å². The zero-order valence-corrected chi connectivity index (χ0v) is 24.4. The second kappa shape index (κ2) is 13.2. The van der Waals surface area contributed by atoms with Crippen molar-refractivity contribution in [2.75, 3.05) is 26.4 Å². The van der Waals surface area contributed by atoms with Crippen LogP contribution in [0.5, 0.6) is 0 Å². The Kier molecular flexibility index (Phi) is 10.3. The monoisotopic (exact) mass is 512 g/mol. The molecule has 0 aromatic heterocycles. The quantitative estimate of drug-likeness (QED) is 0.307. The molecule has 0 N–H and O–H groups in total. The van der Waals surface area contributed by atoms with Gasteiger partial charge < -0.3 is 18.9 Å². The lowest BCUT2D eigenvalue weighted by Crippen LogP contribution is -2.55. The average molecular weight is 513 g/mol. The van der Waals surface area contributed by atoms with Crippen LogP contribution in [0.15, 0.2) is 46.6 Å². The third kappa shape index (κ3) is 7.91. The normalized spacial score (nSPS) is 36.5. The molecule has 4 atom stereocenters. The summed E-state index contributed by atoms with van der Waals surface area (Å²) in [7, 11) is 0. The molecule has 2 fully saturated rings. The summed E-state index contributed by atoms with van der Waals surface area (Å²) in [6.07, 6.45) is 18.5. The van der Waals surface area contributed by atoms with E-state index in [0.29, 0.717) is 50.1 Å². The number of rotatable bonds is 8. The van der Waals surface area contributed by atoms with Gasteiger partial charge in [0.2, 0.25) is 0 Å². The first kappa shape index (κ1) is 28.8. The van der Waals surface area contributed by atoms with Crippen molar-refractivity contribution in [2.45, 2.75) is 105 Å². The van der Waals surface area contributed by atoms with Crippen molar-refractivity contribution in [2.24, 2.45) is 29.1 Å². The van der Waals surface area contributed by atoms with Gasteiger partial charge in [-0.15, -0.1) is 0 Å². The first-order valence-electron chi connectivity index (χ1n) is 14.8. The fourth-order valence-corrected chi connectivity index (χ4v) is 6.50. The second-order valence-corrected chi connectivity index (χ2v) is 13.0. The minimum Gasteiger partial charge on any atom is -0.351 e. The minimum absolute atomic E-state index is 0.109. The lowest BCUT2D eigenvalue weighted by molar-refractivity contribution is -0.323. The molecule has 4 aliphatic rings. The zero-order valence-electron chi connectivity index (χ0n) is 24.4. The van der Waals surface area contributed by atoms with Gasteiger partial charge in [-0.2, -0.15) is 0 Å². The van der Waals surface area contributed by atoms with Crippen LogP contribution >= 0.6 is 0 Å². The van der Waals surface area contributed by atoms with Crippen molar-refractivity contribution in [3.05, 3.63) is 46.6 Å². The molecular formula is C33H52O4. The van der Waals surface area contributed by atoms with E-state index < -0.39 is 0 Å². The van der Waals surface area contributed by atoms with Gasteiger partial charge in [0.25, 0.3) is 0 Å². The molecule has 2 aliphatic heterocycles. The van der Waals surface area contributed by atoms with Gasteiger partial charge in [-0.05, 0) is 90.9 Å². The average Bonchev–Trinajstić information content (AvgIpc) is 2.85. The lowest BCUT2D eigenvalue weighted by atomic mass is 9.78. The predicted molar refractivity (Wildman–Crippen MR) is 151 cm³/mol. The van der Waals surface area contributed by atoms with Gasteiger partial charge >= 0.3 is 0 Å². The SMILES string of the molecule is CC(C)=CCCC1=CC[C@@H](C2OCC3(CO2)COC([C@@H]2CC=C(CCC=C(C)C)C[C@@H]2C)OC3)[C@H](C)C1. The van der Waals surface area contributed by atoms with Gasteiger partial charge in [0, 0.05) is 11.8 Å². The van der Waals surface area contributed by atoms with Gasteiger partial charge in [0.05, 0.1) is 31.8 Å². The number of hydrogen-bond acceptors (Lipinski definition) is 4. The van der Waals surface area contributed by atoms with Crippen molar-refractivity contribution in [1.29, 1.82) is 0 Å². The molecular weight excluding hydrogens is 460 g/mol. The van der Waals surface area contributed by atoms with E-state index >= 15 is 0 Å². The summed E-state index contributed by atoms with van der Waals surface area (Å²) in [6.45, 7) is 16.1. The van der Waals surface area contributed by atoms with Crippen LogP contribution in [0, 0.1) is 29.1 Å². The Morgan fingerprint density at radius 3 is 1.41 bits per heavy atom. The van der Waals surface area contributed by atoms with Gasteiger partial charge in [-0.3, -0.25) is 0 Å². The Hall–Kier alpha value is -1.20. The molecule has 0 radical (unpaired) electrons. The maximum absolute atomic E-state index is 6.36. The topological polar surface area (TPSA) is 36.9 Å². The minimum atomic E-state index is -0.167. The van der Waals surface area contributed by atoms with E-state index in [2.05, 4.69) is 65.8 Å². The molecule has 37 heavy (non-hydrogen) atoms. The first-order valence-corrected chi connectivity index (χ1v) is 14.8. The van der Waals surface area contributed by atoms with Crippen LogP contribution in [0.25, 0.3) is 0 Å². The van der Waals surface area contributed by atoms with E-state index in [1.807, 2.05) is 0 Å². The van der Waals surface area contributed by atoms with E-state index in [1.165, 1.54) is 24.0 Å². The molecule has 0 unspecified atom stereocenters. The fraction of sp³-hybridized carbons (Fsp3) is 0.758. The molecule has 0 aromatic rings. The highest BCUT2D eigenvalue weighted by molar-refractivity contribution is 5.12. The highest BCUT2D eigenvalue weighted by Gasteiger charge is 2.46. The maximum atomic E-state index is 6.36. The van der Waals surface area contributed by atoms with Crippen molar-refractivity contribution >= 4 is 0 Å². The summed E-state index contributed by atoms with van der Waals surface area (Å²) in [5.74, 6) is 2.04. The summed E-state index contributed by atoms with van der Waals surface area (Å²) >= 11 is 0. The smallest absolute Gasteiger partial charge is 0.160 e. The van der Waals surface area contributed by atoms with E-state index in [9.17, 15) is 0 Å². The zero-order chi connectivity index (χ0) is 26.4. The summed E-state index contributed by atoms with van der Waals surface area (Å²) in [6, 6.07) is 0. The number of allylic oxidation sites excluding steroid dienone is 8. The van der Waals surface area contributed by atoms with Crippen molar-refractivity contribution in [3.8, 4) is 0 Å². The predicted octanol–water partition coefficient (Wildman–Crippen LogP) is 8.16. The molecule has 208 valence electrons. The van der Waals surface area contributed by atoms with Crippen LogP contribution in [0.1, 0.15) is 92.9 Å². The van der Waals surface area contributed by atoms with Gasteiger partial charge in [-0.1, -0.05) is 60.4 Å². The van der Waals surface area contributed by atoms with Crippen LogP contribution in [-0.4, -0.2) is 39.0 Å². The Morgan fingerprint density at radius 1 is 0.703 bits per heavy atom. The molecule has 4 heteroatoms. The molecule has 1 spiro atoms. The molecule has 2 aliphatic carbocycles. The fourth-order valence-electron chi connectivity index (χ4n) is 6.50. The third-order valence-electron chi connectivity index (χ3n) is 8.94. The summed E-state index contributed by atoms with van der Waals surface area (Å²) in [5.41, 5.74) is 5.85. The molecule has 2 saturated heterocycles. The lowest BCUT2D eigenvalue weighted by Gasteiger charge is -2.48. The standard InChI is InChI=1S/C33H52O4/c1-23(2)9-7-11-27-13-15-29(25(5)17-27)31-34-19-33(20-35-31)21-36-32(37-22-33)30-16-14-28(18-26(30)6)12-8-10-24(3)4/h9-10,13-14,25-26,29-32H,7-8,11-12,15-22H2,1-6H3/t25-,26+,29-,30-,31?,32?,33?/m1/s1. The van der Waals surface area contributed by atoms with Crippen molar-refractivity contribution in [3.63, 3.8) is 0 Å². The van der Waals surface area contributed by atoms with E-state index in [-0.39, 0.29) is 18.0 Å². The van der Waals surface area contributed by atoms with Crippen LogP contribution in [0.2, 0.25) is 0 Å². The Morgan fingerprint density at radius 2 is 1.08 bits per heavy atom. The molecule has 0 aromatic carbocycles. The summed E-state index contributed by atoms with van der Waals surface area (Å²) in [5, 5.41) is 0. The Balaban J connectivity index is 1.21.